The number of rotatable bonds is 6. The molecule has 2 rings (SSSR count). The van der Waals surface area contributed by atoms with Crippen molar-refractivity contribution in [2.24, 2.45) is 0 Å². The molecule has 0 atom stereocenters. The van der Waals surface area contributed by atoms with Crippen molar-refractivity contribution in [3.8, 4) is 0 Å². The smallest absolute Gasteiger partial charge is 0.335 e. The minimum absolute atomic E-state index is 0.486. The molecular weight excluding hydrogens is 258 g/mol. The van der Waals surface area contributed by atoms with Crippen LogP contribution in [0.5, 0.6) is 0 Å². The maximum Gasteiger partial charge on any atom is 0.335 e. The van der Waals surface area contributed by atoms with Crippen LogP contribution >= 0.6 is 11.8 Å². The van der Waals surface area contributed by atoms with E-state index < -0.39 is 5.97 Å². The Bertz CT molecular complexity index is 448. The van der Waals surface area contributed by atoms with Crippen molar-refractivity contribution >= 4 is 17.7 Å². The van der Waals surface area contributed by atoms with Gasteiger partial charge < -0.3 is 5.11 Å². The summed E-state index contributed by atoms with van der Waals surface area (Å²) in [5.74, 6) is 0.429. The molecule has 0 spiro atoms. The van der Waals surface area contributed by atoms with Gasteiger partial charge in [-0.25, -0.2) is 4.79 Å². The van der Waals surface area contributed by atoms with E-state index in [0.717, 1.165) is 31.6 Å². The van der Waals surface area contributed by atoms with E-state index in [0.29, 0.717) is 5.56 Å². The first-order valence-corrected chi connectivity index (χ1v) is 8.17. The van der Waals surface area contributed by atoms with Gasteiger partial charge in [-0.3, -0.25) is 4.90 Å². The minimum Gasteiger partial charge on any atom is -0.478 e. The normalized spacial score (nSPS) is 15.2. The molecule has 4 heteroatoms. The topological polar surface area (TPSA) is 40.5 Å². The van der Waals surface area contributed by atoms with Gasteiger partial charge in [-0.15, -0.1) is 0 Å². The molecule has 0 amide bonds. The van der Waals surface area contributed by atoms with Crippen molar-refractivity contribution < 1.29 is 9.90 Å². The molecule has 0 aromatic heterocycles. The van der Waals surface area contributed by atoms with Crippen molar-refractivity contribution in [2.45, 2.75) is 25.8 Å². The van der Waals surface area contributed by atoms with Gasteiger partial charge in [0.05, 0.1) is 5.56 Å². The fourth-order valence-electron chi connectivity index (χ4n) is 2.64. The molecule has 1 aliphatic heterocycles. The van der Waals surface area contributed by atoms with Crippen LogP contribution in [0.2, 0.25) is 0 Å². The molecule has 0 aliphatic carbocycles. The summed E-state index contributed by atoms with van der Waals surface area (Å²) in [7, 11) is 0. The fraction of sp³-hybridized carbons (Fsp3) is 0.533. The fourth-order valence-corrected chi connectivity index (χ4v) is 3.13. The number of carboxylic acids is 1. The Hall–Kier alpha value is -1.00. The lowest BCUT2D eigenvalue weighted by molar-refractivity contribution is 0.0694. The van der Waals surface area contributed by atoms with Crippen LogP contribution in [0.4, 0.5) is 0 Å². The third kappa shape index (κ3) is 3.74. The average molecular weight is 279 g/mol. The van der Waals surface area contributed by atoms with E-state index in [4.69, 9.17) is 0 Å². The molecule has 1 heterocycles. The van der Waals surface area contributed by atoms with Crippen molar-refractivity contribution in [3.05, 3.63) is 34.9 Å². The highest BCUT2D eigenvalue weighted by molar-refractivity contribution is 7.98. The summed E-state index contributed by atoms with van der Waals surface area (Å²) in [6.45, 7) is 3.00. The molecule has 0 unspecified atom stereocenters. The van der Waals surface area contributed by atoms with Gasteiger partial charge in [-0.05, 0) is 55.0 Å². The number of carbonyl (C=O) groups is 1. The molecule has 1 N–H and O–H groups in total. The second kappa shape index (κ2) is 6.96. The summed E-state index contributed by atoms with van der Waals surface area (Å²) in [4.78, 5) is 13.6. The third-order valence-electron chi connectivity index (χ3n) is 3.65. The zero-order chi connectivity index (χ0) is 13.7. The molecule has 0 saturated carbocycles. The first-order chi connectivity index (χ1) is 9.22. The molecule has 1 aromatic rings. The number of unbranched alkanes of at least 4 members (excludes halogenated alkanes) is 1. The molecule has 0 bridgehead atoms. The van der Waals surface area contributed by atoms with Crippen molar-refractivity contribution in [1.29, 1.82) is 0 Å². The number of fused-ring (bicyclic) bond motifs is 1. The molecule has 3 nitrogen and oxygen atoms in total. The first kappa shape index (κ1) is 14.4. The van der Waals surface area contributed by atoms with E-state index in [1.165, 1.54) is 24.2 Å². The van der Waals surface area contributed by atoms with Crippen LogP contribution < -0.4 is 0 Å². The van der Waals surface area contributed by atoms with Crippen LogP contribution in [-0.4, -0.2) is 41.1 Å². The lowest BCUT2D eigenvalue weighted by Crippen LogP contribution is -2.32. The van der Waals surface area contributed by atoms with Crippen LogP contribution in [0.1, 0.15) is 34.3 Å². The van der Waals surface area contributed by atoms with Crippen molar-refractivity contribution in [3.63, 3.8) is 0 Å². The van der Waals surface area contributed by atoms with Crippen molar-refractivity contribution in [2.75, 3.05) is 25.1 Å². The number of benzene rings is 1. The van der Waals surface area contributed by atoms with Gasteiger partial charge >= 0.3 is 5.97 Å². The summed E-state index contributed by atoms with van der Waals surface area (Å²) in [6, 6.07) is 5.64. The molecule has 19 heavy (non-hydrogen) atoms. The van der Waals surface area contributed by atoms with Crippen LogP contribution in [0.3, 0.4) is 0 Å². The minimum atomic E-state index is -0.801. The highest BCUT2D eigenvalue weighted by Gasteiger charge is 2.20. The van der Waals surface area contributed by atoms with Crippen LogP contribution in [0.15, 0.2) is 18.2 Å². The maximum atomic E-state index is 11.2. The van der Waals surface area contributed by atoms with Crippen molar-refractivity contribution in [1.82, 2.24) is 4.90 Å². The summed E-state index contributed by atoms with van der Waals surface area (Å²) < 4.78 is 0. The number of hydrogen-bond donors (Lipinski definition) is 1. The lowest BCUT2D eigenvalue weighted by Gasteiger charge is -2.29. The molecule has 0 saturated heterocycles. The van der Waals surface area contributed by atoms with E-state index in [2.05, 4.69) is 17.2 Å². The van der Waals surface area contributed by atoms with Gasteiger partial charge in [0.1, 0.15) is 0 Å². The van der Waals surface area contributed by atoms with Gasteiger partial charge in [0.2, 0.25) is 0 Å². The number of thioether (sulfide) groups is 1. The number of hydrogen-bond acceptors (Lipinski definition) is 3. The van der Waals surface area contributed by atoms with Crippen LogP contribution in [-0.2, 0) is 13.0 Å². The highest BCUT2D eigenvalue weighted by Crippen LogP contribution is 2.23. The zero-order valence-electron chi connectivity index (χ0n) is 11.4. The van der Waals surface area contributed by atoms with E-state index >= 15 is 0 Å². The molecule has 0 radical (unpaired) electrons. The van der Waals surface area contributed by atoms with E-state index in [1.807, 2.05) is 17.8 Å². The largest absolute Gasteiger partial charge is 0.478 e. The maximum absolute atomic E-state index is 11.2. The second-order valence-electron chi connectivity index (χ2n) is 4.97. The summed E-state index contributed by atoms with van der Waals surface area (Å²) >= 11 is 1.90. The Balaban J connectivity index is 1.96. The molecule has 104 valence electrons. The predicted molar refractivity (Wildman–Crippen MR) is 80.0 cm³/mol. The molecular formula is C15H21NO2S. The third-order valence-corrected chi connectivity index (χ3v) is 4.35. The Kier molecular flexibility index (Phi) is 5.28. The van der Waals surface area contributed by atoms with Gasteiger partial charge in [-0.2, -0.15) is 11.8 Å². The SMILES string of the molecule is CSCCCCN1CCc2c(cccc2C(=O)O)C1. The predicted octanol–water partition coefficient (Wildman–Crippen LogP) is 2.89. The van der Waals surface area contributed by atoms with Gasteiger partial charge in [-0.1, -0.05) is 12.1 Å². The average Bonchev–Trinajstić information content (AvgIpc) is 2.42. The van der Waals surface area contributed by atoms with Gasteiger partial charge in [0.15, 0.2) is 0 Å². The van der Waals surface area contributed by atoms with E-state index in [1.54, 1.807) is 6.07 Å². The van der Waals surface area contributed by atoms with Crippen LogP contribution in [0.25, 0.3) is 0 Å². The van der Waals surface area contributed by atoms with E-state index in [9.17, 15) is 9.90 Å². The van der Waals surface area contributed by atoms with Gasteiger partial charge in [0.25, 0.3) is 0 Å². The Morgan fingerprint density at radius 3 is 3.00 bits per heavy atom. The second-order valence-corrected chi connectivity index (χ2v) is 5.96. The molecule has 0 fully saturated rings. The first-order valence-electron chi connectivity index (χ1n) is 6.77. The zero-order valence-corrected chi connectivity index (χ0v) is 12.2. The molecule has 1 aromatic carbocycles. The quantitative estimate of drug-likeness (QED) is 0.813. The Morgan fingerprint density at radius 1 is 1.42 bits per heavy atom. The number of carboxylic acid groups (broad SMARTS) is 1. The highest BCUT2D eigenvalue weighted by atomic mass is 32.2. The monoisotopic (exact) mass is 279 g/mol. The lowest BCUT2D eigenvalue weighted by atomic mass is 9.94. The summed E-state index contributed by atoms with van der Waals surface area (Å²) in [5, 5.41) is 9.19. The van der Waals surface area contributed by atoms with E-state index in [-0.39, 0.29) is 0 Å². The summed E-state index contributed by atoms with van der Waals surface area (Å²) in [5.41, 5.74) is 2.71. The Morgan fingerprint density at radius 2 is 2.26 bits per heavy atom. The molecule has 1 aliphatic rings. The Labute approximate surface area is 119 Å². The standard InChI is InChI=1S/C15H21NO2S/c1-19-10-3-2-8-16-9-7-13-12(11-16)5-4-6-14(13)15(17)18/h4-6H,2-3,7-11H2,1H3,(H,17,18). The summed E-state index contributed by atoms with van der Waals surface area (Å²) in [6.07, 6.45) is 5.50. The number of aromatic carboxylic acids is 1. The number of nitrogens with zero attached hydrogens (tertiary/aromatic N) is 1. The van der Waals surface area contributed by atoms with Gasteiger partial charge in [0, 0.05) is 13.1 Å². The van der Waals surface area contributed by atoms with Crippen LogP contribution in [0, 0.1) is 0 Å².